The van der Waals surface area contributed by atoms with Crippen LogP contribution in [0.15, 0.2) is 0 Å². The number of aliphatic hydroxyl groups is 1. The van der Waals surface area contributed by atoms with E-state index in [2.05, 4.69) is 34.6 Å². The molecule has 0 spiro atoms. The second kappa shape index (κ2) is 4.86. The lowest BCUT2D eigenvalue weighted by molar-refractivity contribution is -0.00377. The fourth-order valence-electron chi connectivity index (χ4n) is 1.58. The molecule has 1 heteroatoms. The molecule has 74 valence electrons. The zero-order valence-corrected chi connectivity index (χ0v) is 9.22. The maximum Gasteiger partial charge on any atom is 0.0618 e. The summed E-state index contributed by atoms with van der Waals surface area (Å²) >= 11 is 0. The van der Waals surface area contributed by atoms with Crippen molar-refractivity contribution in [2.45, 2.75) is 60.0 Å². The summed E-state index contributed by atoms with van der Waals surface area (Å²) < 4.78 is 0. The van der Waals surface area contributed by atoms with Crippen LogP contribution in [0.3, 0.4) is 0 Å². The number of aliphatic hydroxyl groups excluding tert-OH is 1. The molecule has 1 nitrogen and oxygen atoms in total. The highest BCUT2D eigenvalue weighted by atomic mass is 16.3. The van der Waals surface area contributed by atoms with E-state index in [1.807, 2.05) is 0 Å². The molecule has 1 N–H and O–H groups in total. The molecule has 0 aromatic carbocycles. The van der Waals surface area contributed by atoms with Crippen LogP contribution in [-0.4, -0.2) is 11.2 Å². The molecule has 0 saturated carbocycles. The van der Waals surface area contributed by atoms with Crippen LogP contribution >= 0.6 is 0 Å². The van der Waals surface area contributed by atoms with E-state index in [0.29, 0.717) is 5.92 Å². The second-order valence-corrected chi connectivity index (χ2v) is 4.36. The molecule has 1 atom stereocenters. The zero-order valence-electron chi connectivity index (χ0n) is 9.22. The predicted molar refractivity (Wildman–Crippen MR) is 54.2 cm³/mol. The standard InChI is InChI=1S/C11H24O/c1-6-9(7-2)10(12)11(4,5)8-3/h9-10,12H,6-8H2,1-5H3. The molecule has 0 heterocycles. The largest absolute Gasteiger partial charge is 0.392 e. The van der Waals surface area contributed by atoms with Gasteiger partial charge in [0, 0.05) is 0 Å². The van der Waals surface area contributed by atoms with Gasteiger partial charge in [-0.05, 0) is 17.8 Å². The van der Waals surface area contributed by atoms with Crippen LogP contribution in [-0.2, 0) is 0 Å². The normalized spacial score (nSPS) is 15.2. The van der Waals surface area contributed by atoms with Crippen LogP contribution in [0, 0.1) is 11.3 Å². The molecule has 0 saturated heterocycles. The van der Waals surface area contributed by atoms with E-state index < -0.39 is 0 Å². The minimum Gasteiger partial charge on any atom is -0.392 e. The third kappa shape index (κ3) is 2.78. The summed E-state index contributed by atoms with van der Waals surface area (Å²) in [7, 11) is 0. The maximum absolute atomic E-state index is 10.0. The average Bonchev–Trinajstić information content (AvgIpc) is 2.06. The summed E-state index contributed by atoms with van der Waals surface area (Å²) in [6, 6.07) is 0. The molecule has 0 radical (unpaired) electrons. The molecule has 0 aliphatic heterocycles. The molecule has 0 bridgehead atoms. The molecule has 0 aliphatic rings. The molecule has 0 fully saturated rings. The van der Waals surface area contributed by atoms with Crippen molar-refractivity contribution in [1.82, 2.24) is 0 Å². The Balaban J connectivity index is 4.23. The smallest absolute Gasteiger partial charge is 0.0618 e. The number of hydrogen-bond acceptors (Lipinski definition) is 1. The Bertz CT molecular complexity index is 114. The highest BCUT2D eigenvalue weighted by Gasteiger charge is 2.30. The SMILES string of the molecule is CCC(CC)C(O)C(C)(C)CC. The van der Waals surface area contributed by atoms with Gasteiger partial charge in [0.2, 0.25) is 0 Å². The van der Waals surface area contributed by atoms with Crippen molar-refractivity contribution >= 4 is 0 Å². The zero-order chi connectivity index (χ0) is 9.78. The number of rotatable bonds is 5. The molecular weight excluding hydrogens is 148 g/mol. The van der Waals surface area contributed by atoms with E-state index in [4.69, 9.17) is 0 Å². The van der Waals surface area contributed by atoms with Crippen LogP contribution in [0.1, 0.15) is 53.9 Å². The first kappa shape index (κ1) is 12.0. The summed E-state index contributed by atoms with van der Waals surface area (Å²) in [6.45, 7) is 10.8. The molecule has 0 rings (SSSR count). The van der Waals surface area contributed by atoms with Gasteiger partial charge in [-0.3, -0.25) is 0 Å². The van der Waals surface area contributed by atoms with Crippen molar-refractivity contribution in [1.29, 1.82) is 0 Å². The van der Waals surface area contributed by atoms with Crippen molar-refractivity contribution in [3.05, 3.63) is 0 Å². The lowest BCUT2D eigenvalue weighted by Crippen LogP contribution is -2.35. The first-order chi connectivity index (χ1) is 5.49. The van der Waals surface area contributed by atoms with E-state index in [9.17, 15) is 5.11 Å². The molecule has 0 aromatic heterocycles. The Morgan fingerprint density at radius 1 is 1.08 bits per heavy atom. The molecule has 0 aliphatic carbocycles. The summed E-state index contributed by atoms with van der Waals surface area (Å²) in [4.78, 5) is 0. The summed E-state index contributed by atoms with van der Waals surface area (Å²) in [5.41, 5.74) is 0.0800. The maximum atomic E-state index is 10.0. The summed E-state index contributed by atoms with van der Waals surface area (Å²) in [6.07, 6.45) is 3.07. The van der Waals surface area contributed by atoms with Gasteiger partial charge in [-0.2, -0.15) is 0 Å². The van der Waals surface area contributed by atoms with Gasteiger partial charge in [0.25, 0.3) is 0 Å². The van der Waals surface area contributed by atoms with E-state index in [0.717, 1.165) is 19.3 Å². The highest BCUT2D eigenvalue weighted by Crippen LogP contribution is 2.32. The van der Waals surface area contributed by atoms with Gasteiger partial charge >= 0.3 is 0 Å². The van der Waals surface area contributed by atoms with Crippen LogP contribution in [0.4, 0.5) is 0 Å². The fraction of sp³-hybridized carbons (Fsp3) is 1.00. The van der Waals surface area contributed by atoms with Crippen LogP contribution in [0.5, 0.6) is 0 Å². The summed E-state index contributed by atoms with van der Waals surface area (Å²) in [5.74, 6) is 0.472. The average molecular weight is 172 g/mol. The Labute approximate surface area is 77.2 Å². The Morgan fingerprint density at radius 3 is 1.75 bits per heavy atom. The lowest BCUT2D eigenvalue weighted by Gasteiger charge is -2.34. The molecule has 0 aromatic rings. The Kier molecular flexibility index (Phi) is 4.84. The van der Waals surface area contributed by atoms with Gasteiger partial charge in [-0.15, -0.1) is 0 Å². The van der Waals surface area contributed by atoms with Gasteiger partial charge in [0.05, 0.1) is 6.10 Å². The van der Waals surface area contributed by atoms with Crippen molar-refractivity contribution < 1.29 is 5.11 Å². The first-order valence-electron chi connectivity index (χ1n) is 5.17. The fourth-order valence-corrected chi connectivity index (χ4v) is 1.58. The second-order valence-electron chi connectivity index (χ2n) is 4.36. The first-order valence-corrected chi connectivity index (χ1v) is 5.17. The molecule has 12 heavy (non-hydrogen) atoms. The minimum absolute atomic E-state index is 0.0800. The number of hydrogen-bond donors (Lipinski definition) is 1. The van der Waals surface area contributed by atoms with Gasteiger partial charge in [0.15, 0.2) is 0 Å². The summed E-state index contributed by atoms with van der Waals surface area (Å²) in [5, 5.41) is 10.0. The third-order valence-corrected chi connectivity index (χ3v) is 3.21. The van der Waals surface area contributed by atoms with Crippen molar-refractivity contribution in [3.8, 4) is 0 Å². The highest BCUT2D eigenvalue weighted by molar-refractivity contribution is 4.81. The predicted octanol–water partition coefficient (Wildman–Crippen LogP) is 3.22. The van der Waals surface area contributed by atoms with Crippen LogP contribution in [0.2, 0.25) is 0 Å². The van der Waals surface area contributed by atoms with E-state index in [1.54, 1.807) is 0 Å². The molecule has 1 unspecified atom stereocenters. The van der Waals surface area contributed by atoms with E-state index in [-0.39, 0.29) is 11.5 Å². The Morgan fingerprint density at radius 2 is 1.50 bits per heavy atom. The minimum atomic E-state index is -0.141. The topological polar surface area (TPSA) is 20.2 Å². The van der Waals surface area contributed by atoms with Gasteiger partial charge in [-0.1, -0.05) is 47.5 Å². The van der Waals surface area contributed by atoms with Crippen LogP contribution < -0.4 is 0 Å². The Hall–Kier alpha value is -0.0400. The monoisotopic (exact) mass is 172 g/mol. The van der Waals surface area contributed by atoms with Gasteiger partial charge in [-0.25, -0.2) is 0 Å². The van der Waals surface area contributed by atoms with Crippen molar-refractivity contribution in [2.24, 2.45) is 11.3 Å². The quantitative estimate of drug-likeness (QED) is 0.675. The van der Waals surface area contributed by atoms with Gasteiger partial charge < -0.3 is 5.11 Å². The lowest BCUT2D eigenvalue weighted by atomic mass is 9.76. The van der Waals surface area contributed by atoms with E-state index in [1.165, 1.54) is 0 Å². The van der Waals surface area contributed by atoms with Crippen LogP contribution in [0.25, 0.3) is 0 Å². The van der Waals surface area contributed by atoms with E-state index >= 15 is 0 Å². The van der Waals surface area contributed by atoms with Gasteiger partial charge in [0.1, 0.15) is 0 Å². The third-order valence-electron chi connectivity index (χ3n) is 3.21. The molecule has 0 amide bonds. The van der Waals surface area contributed by atoms with Crippen molar-refractivity contribution in [3.63, 3.8) is 0 Å². The van der Waals surface area contributed by atoms with Crippen molar-refractivity contribution in [2.75, 3.05) is 0 Å². The molecular formula is C11H24O.